The predicted molar refractivity (Wildman–Crippen MR) is 227 cm³/mol. The topological polar surface area (TPSA) is 0 Å². The fourth-order valence-electron chi connectivity index (χ4n) is 10.2. The summed E-state index contributed by atoms with van der Waals surface area (Å²) in [7, 11) is 0. The highest BCUT2D eigenvalue weighted by Crippen LogP contribution is 2.52. The monoisotopic (exact) mass is 672 g/mol. The minimum atomic E-state index is -0.124. The molecule has 0 N–H and O–H groups in total. The highest BCUT2D eigenvalue weighted by atomic mass is 14.4. The Labute approximate surface area is 309 Å². The molecule has 0 fully saturated rings. The van der Waals surface area contributed by atoms with Crippen molar-refractivity contribution in [3.8, 4) is 44.5 Å². The summed E-state index contributed by atoms with van der Waals surface area (Å²) in [5, 5.41) is 10.8. The summed E-state index contributed by atoms with van der Waals surface area (Å²) >= 11 is 0. The average molecular weight is 673 g/mol. The van der Waals surface area contributed by atoms with Gasteiger partial charge in [-0.3, -0.25) is 0 Å². The Hall–Kier alpha value is -6.24. The number of benzene rings is 9. The highest BCUT2D eigenvalue weighted by Gasteiger charge is 2.36. The smallest absolute Gasteiger partial charge is 0.0159 e. The lowest BCUT2D eigenvalue weighted by molar-refractivity contribution is 0.661. The van der Waals surface area contributed by atoms with Crippen LogP contribution in [-0.4, -0.2) is 0 Å². The van der Waals surface area contributed by atoms with E-state index in [1.165, 1.54) is 121 Å². The third-order valence-electron chi connectivity index (χ3n) is 12.8. The van der Waals surface area contributed by atoms with Gasteiger partial charge >= 0.3 is 0 Å². The molecule has 3 aliphatic carbocycles. The fraction of sp³-hybridized carbons (Fsp3) is 0.0943. The zero-order valence-electron chi connectivity index (χ0n) is 29.9. The SMILES string of the molecule is CC1(C)c2cc(-c3cccc(-c4ccc5ccc6cccc7ccc4c5c67)c3)ccc2-c2ccc(-c3ccc4c5c6c(ccc35)C=CCC6=CC4)cc21. The molecule has 0 spiro atoms. The Balaban J connectivity index is 0.946. The van der Waals surface area contributed by atoms with Crippen molar-refractivity contribution in [3.05, 3.63) is 179 Å². The summed E-state index contributed by atoms with van der Waals surface area (Å²) in [6.45, 7) is 4.82. The van der Waals surface area contributed by atoms with Gasteiger partial charge in [-0.15, -0.1) is 0 Å². The fourth-order valence-corrected chi connectivity index (χ4v) is 10.2. The summed E-state index contributed by atoms with van der Waals surface area (Å²) in [6, 6.07) is 53.3. The van der Waals surface area contributed by atoms with Crippen LogP contribution in [0.4, 0.5) is 0 Å². The maximum absolute atomic E-state index is 2.49. The first-order valence-electron chi connectivity index (χ1n) is 19.0. The molecule has 0 radical (unpaired) electrons. The lowest BCUT2D eigenvalue weighted by Gasteiger charge is -2.25. The molecule has 12 rings (SSSR count). The Morgan fingerprint density at radius 1 is 0.453 bits per heavy atom. The normalized spacial score (nSPS) is 15.0. The molecular weight excluding hydrogens is 637 g/mol. The van der Waals surface area contributed by atoms with Crippen LogP contribution in [0.2, 0.25) is 0 Å². The zero-order chi connectivity index (χ0) is 35.0. The molecule has 0 heteroatoms. The van der Waals surface area contributed by atoms with Gasteiger partial charge in [0, 0.05) is 5.41 Å². The van der Waals surface area contributed by atoms with Crippen molar-refractivity contribution >= 4 is 54.7 Å². The second kappa shape index (κ2) is 10.4. The molecule has 0 bridgehead atoms. The van der Waals surface area contributed by atoms with Crippen molar-refractivity contribution in [2.24, 2.45) is 0 Å². The van der Waals surface area contributed by atoms with Gasteiger partial charge in [-0.25, -0.2) is 0 Å². The van der Waals surface area contributed by atoms with E-state index in [2.05, 4.69) is 172 Å². The Morgan fingerprint density at radius 3 is 1.87 bits per heavy atom. The van der Waals surface area contributed by atoms with Crippen LogP contribution in [0.25, 0.3) is 99.2 Å². The van der Waals surface area contributed by atoms with Crippen molar-refractivity contribution in [1.82, 2.24) is 0 Å². The van der Waals surface area contributed by atoms with E-state index in [0.29, 0.717) is 0 Å². The third kappa shape index (κ3) is 4.01. The number of rotatable bonds is 3. The summed E-state index contributed by atoms with van der Waals surface area (Å²) in [4.78, 5) is 0. The molecule has 0 saturated carbocycles. The summed E-state index contributed by atoms with van der Waals surface area (Å²) < 4.78 is 0. The molecule has 9 aromatic carbocycles. The zero-order valence-corrected chi connectivity index (χ0v) is 29.9. The number of fused-ring (bicyclic) bond motifs is 3. The molecule has 0 unspecified atom stereocenters. The Kier molecular flexibility index (Phi) is 5.77. The van der Waals surface area contributed by atoms with E-state index in [9.17, 15) is 0 Å². The lowest BCUT2D eigenvalue weighted by Crippen LogP contribution is -2.15. The first-order chi connectivity index (χ1) is 26.0. The average Bonchev–Trinajstić information content (AvgIpc) is 3.43. The first-order valence-corrected chi connectivity index (χ1v) is 19.0. The summed E-state index contributed by atoms with van der Waals surface area (Å²) in [5.74, 6) is 0. The maximum Gasteiger partial charge on any atom is 0.0159 e. The molecule has 0 amide bonds. The van der Waals surface area contributed by atoms with Gasteiger partial charge < -0.3 is 0 Å². The van der Waals surface area contributed by atoms with E-state index >= 15 is 0 Å². The Morgan fingerprint density at radius 2 is 1.04 bits per heavy atom. The van der Waals surface area contributed by atoms with Crippen LogP contribution in [0.3, 0.4) is 0 Å². The van der Waals surface area contributed by atoms with Crippen LogP contribution < -0.4 is 0 Å². The van der Waals surface area contributed by atoms with Crippen LogP contribution in [0, 0.1) is 0 Å². The molecule has 0 aliphatic heterocycles. The lowest BCUT2D eigenvalue weighted by atomic mass is 9.78. The van der Waals surface area contributed by atoms with Crippen molar-refractivity contribution in [1.29, 1.82) is 0 Å². The van der Waals surface area contributed by atoms with E-state index < -0.39 is 0 Å². The van der Waals surface area contributed by atoms with Gasteiger partial charge in [-0.2, -0.15) is 0 Å². The molecular formula is C53H36. The minimum absolute atomic E-state index is 0.124. The molecule has 0 heterocycles. The van der Waals surface area contributed by atoms with E-state index in [4.69, 9.17) is 0 Å². The van der Waals surface area contributed by atoms with Gasteiger partial charge in [0.25, 0.3) is 0 Å². The number of hydrogen-bond donors (Lipinski definition) is 0. The van der Waals surface area contributed by atoms with E-state index in [0.717, 1.165) is 12.8 Å². The van der Waals surface area contributed by atoms with Gasteiger partial charge in [0.15, 0.2) is 0 Å². The van der Waals surface area contributed by atoms with Crippen molar-refractivity contribution in [2.45, 2.75) is 32.1 Å². The van der Waals surface area contributed by atoms with E-state index in [1.807, 2.05) is 0 Å². The number of hydrogen-bond acceptors (Lipinski definition) is 0. The standard InChI is InChI=1S/C53H36/c1-53(2)47-29-38(37-10-5-11-39(28-37)41-22-16-35-14-12-31-6-3-8-33-18-26-45(41)51(35)49(31)33)20-24-43(47)44-25-21-40(30-48(44)53)42-23-17-36-15-13-32-7-4-9-34-19-27-46(42)52(36)50(32)34/h3-6,8-14,16-30H,7,15H2,1-2H3. The van der Waals surface area contributed by atoms with Crippen molar-refractivity contribution in [3.63, 3.8) is 0 Å². The van der Waals surface area contributed by atoms with Crippen LogP contribution in [0.5, 0.6) is 0 Å². The van der Waals surface area contributed by atoms with Gasteiger partial charge in [0.1, 0.15) is 0 Å². The maximum atomic E-state index is 2.49. The van der Waals surface area contributed by atoms with Gasteiger partial charge in [-0.1, -0.05) is 153 Å². The third-order valence-corrected chi connectivity index (χ3v) is 12.8. The molecule has 53 heavy (non-hydrogen) atoms. The van der Waals surface area contributed by atoms with Crippen molar-refractivity contribution < 1.29 is 0 Å². The van der Waals surface area contributed by atoms with E-state index in [-0.39, 0.29) is 5.41 Å². The second-order valence-corrected chi connectivity index (χ2v) is 16.0. The van der Waals surface area contributed by atoms with Gasteiger partial charge in [0.05, 0.1) is 0 Å². The van der Waals surface area contributed by atoms with Crippen LogP contribution in [0.1, 0.15) is 48.1 Å². The summed E-state index contributed by atoms with van der Waals surface area (Å²) in [5.41, 5.74) is 18.9. The predicted octanol–water partition coefficient (Wildman–Crippen LogP) is 14.4. The molecule has 0 aromatic heterocycles. The molecule has 0 saturated heterocycles. The van der Waals surface area contributed by atoms with Gasteiger partial charge in [0.2, 0.25) is 0 Å². The van der Waals surface area contributed by atoms with Crippen LogP contribution >= 0.6 is 0 Å². The van der Waals surface area contributed by atoms with Crippen LogP contribution in [-0.2, 0) is 11.8 Å². The first kappa shape index (κ1) is 29.3. The van der Waals surface area contributed by atoms with Crippen LogP contribution in [0.15, 0.2) is 152 Å². The second-order valence-electron chi connectivity index (χ2n) is 16.0. The van der Waals surface area contributed by atoms with E-state index in [1.54, 1.807) is 0 Å². The highest BCUT2D eigenvalue weighted by molar-refractivity contribution is 6.25. The minimum Gasteiger partial charge on any atom is -0.0795 e. The van der Waals surface area contributed by atoms with Crippen molar-refractivity contribution in [2.75, 3.05) is 0 Å². The Bertz CT molecular complexity index is 3110. The quantitative estimate of drug-likeness (QED) is 0.164. The molecule has 0 atom stereocenters. The number of allylic oxidation sites excluding steroid dienone is 3. The molecule has 248 valence electrons. The summed E-state index contributed by atoms with van der Waals surface area (Å²) in [6.07, 6.45) is 9.11. The largest absolute Gasteiger partial charge is 0.0795 e. The molecule has 3 aliphatic rings. The van der Waals surface area contributed by atoms with Gasteiger partial charge in [-0.05, 0) is 152 Å². The molecule has 0 nitrogen and oxygen atoms in total. The molecule has 9 aromatic rings.